The Labute approximate surface area is 484 Å². The number of H-pyrrole nitrogens is 3. The Morgan fingerprint density at radius 2 is 0.762 bits per heavy atom. The van der Waals surface area contributed by atoms with Gasteiger partial charge in [0.2, 0.25) is 12.6 Å². The molecular weight excluding hydrogens is 1100 g/mol. The molecule has 0 radical (unpaired) electrons. The lowest BCUT2D eigenvalue weighted by atomic mass is 9.98. The van der Waals surface area contributed by atoms with Crippen LogP contribution < -0.4 is 25.5 Å². The molecule has 0 spiro atoms. The van der Waals surface area contributed by atoms with Gasteiger partial charge in [0.25, 0.3) is 0 Å². The van der Waals surface area contributed by atoms with E-state index in [2.05, 4.69) is 20.3 Å². The molecule has 84 heavy (non-hydrogen) atoms. The van der Waals surface area contributed by atoms with E-state index in [0.717, 1.165) is 101 Å². The van der Waals surface area contributed by atoms with Gasteiger partial charge in [-0.3, -0.25) is 0 Å². The zero-order valence-electron chi connectivity index (χ0n) is 44.8. The first-order valence-corrected chi connectivity index (χ1v) is 28.4. The Balaban J connectivity index is 0.988. The topological polar surface area (TPSA) is 348 Å². The number of fused-ring (bicyclic) bond motifs is 8. The maximum Gasteiger partial charge on any atom is 0.229 e. The van der Waals surface area contributed by atoms with Crippen LogP contribution in [-0.2, 0) is 14.2 Å². The first-order valence-electron chi connectivity index (χ1n) is 27.5. The second kappa shape index (κ2) is 24.2. The fraction of sp³-hybridized carbons (Fsp3) is 0.323. The van der Waals surface area contributed by atoms with Crippen molar-refractivity contribution in [3.63, 3.8) is 0 Å². The fourth-order valence-electron chi connectivity index (χ4n) is 11.5. The number of thioether (sulfide) groups is 1. The summed E-state index contributed by atoms with van der Waals surface area (Å²) < 4.78 is 29.2. The van der Waals surface area contributed by atoms with Gasteiger partial charge in [-0.1, -0.05) is 78.5 Å². The molecule has 0 saturated carbocycles. The van der Waals surface area contributed by atoms with Gasteiger partial charge in [0.15, 0.2) is 0 Å². The van der Waals surface area contributed by atoms with Crippen LogP contribution in [0.25, 0.3) is 22.3 Å². The fourth-order valence-corrected chi connectivity index (χ4v) is 12.6. The monoisotopic (exact) mass is 1170 g/mol. The number of hydrogen-bond donors (Lipinski definition) is 16. The number of aromatic amines is 3. The second-order valence-electron chi connectivity index (χ2n) is 21.3. The quantitative estimate of drug-likeness (QED) is 0.0740. The highest BCUT2D eigenvalue weighted by Gasteiger charge is 2.47. The molecule has 12 rings (SSSR count). The summed E-state index contributed by atoms with van der Waals surface area (Å²) in [6.45, 7) is -1.77. The van der Waals surface area contributed by atoms with Crippen LogP contribution in [0.15, 0.2) is 156 Å². The first-order chi connectivity index (χ1) is 40.7. The van der Waals surface area contributed by atoms with Crippen molar-refractivity contribution in [3.8, 4) is 11.5 Å². The van der Waals surface area contributed by atoms with Crippen LogP contribution in [0, 0.1) is 0 Å². The molecule has 16 N–H and O–H groups in total. The summed E-state index contributed by atoms with van der Waals surface area (Å²) in [5, 5.41) is 130. The number of nitrogens with one attached hydrogen (secondary N) is 4. The highest BCUT2D eigenvalue weighted by molar-refractivity contribution is 7.99. The lowest BCUT2D eigenvalue weighted by Crippen LogP contribution is -2.60. The van der Waals surface area contributed by atoms with E-state index in [4.69, 9.17) is 23.7 Å². The lowest BCUT2D eigenvalue weighted by molar-refractivity contribution is -0.277. The zero-order chi connectivity index (χ0) is 58.5. The minimum atomic E-state index is -1.62. The standard InChI is InChI=1S/C62H64N4O17S/c67-26-44-51(70)54(73)57(76)60(81-44)79-33-12-6-30(7-13-33)48-38-20-18-36(63-38)47(29-4-2-1-3-5-29)37-19-21-39(64-37)49(31-8-14-34(15-9-31)80-61-58(77)55(74)52(71)45(27-68)82-61)41-23-25-43(66-41)50(42-24-22-40(48)65-42)32-10-16-35(17-11-32)84-62-59(78)56(75)53(72)46(28-69)83-62/h1-22,24,44-46,51-78H,23,25-28H2/t44-,45-,46-,51+,52+,53+,54+,55+,56+,57+,58+,59+,60+,61-,62+/m1/s1. The van der Waals surface area contributed by atoms with E-state index in [1.54, 1.807) is 24.3 Å². The predicted octanol–water partition coefficient (Wildman–Crippen LogP) is 0.331. The van der Waals surface area contributed by atoms with Crippen molar-refractivity contribution in [3.05, 3.63) is 207 Å². The van der Waals surface area contributed by atoms with Crippen LogP contribution in [0.4, 0.5) is 0 Å². The minimum Gasteiger partial charge on any atom is -0.462 e. The van der Waals surface area contributed by atoms with Crippen LogP contribution >= 0.6 is 11.8 Å². The first kappa shape index (κ1) is 57.5. The highest BCUT2D eigenvalue weighted by atomic mass is 32.2. The van der Waals surface area contributed by atoms with Gasteiger partial charge in [-0.25, -0.2) is 0 Å². The third-order valence-electron chi connectivity index (χ3n) is 16.0. The third kappa shape index (κ3) is 11.1. The van der Waals surface area contributed by atoms with Crippen molar-refractivity contribution in [2.45, 2.75) is 109 Å². The van der Waals surface area contributed by atoms with Gasteiger partial charge in [-0.15, -0.1) is 0 Å². The molecule has 15 atom stereocenters. The van der Waals surface area contributed by atoms with Gasteiger partial charge in [0, 0.05) is 72.1 Å². The number of rotatable bonds is 13. The molecule has 0 aliphatic carbocycles. The maximum atomic E-state index is 10.9. The van der Waals surface area contributed by atoms with Crippen LogP contribution in [0.2, 0.25) is 0 Å². The molecule has 4 saturated heterocycles. The van der Waals surface area contributed by atoms with E-state index >= 15 is 0 Å². The van der Waals surface area contributed by atoms with E-state index in [0.29, 0.717) is 23.5 Å². The summed E-state index contributed by atoms with van der Waals surface area (Å²) in [6, 6.07) is 44.0. The van der Waals surface area contributed by atoms with Crippen molar-refractivity contribution in [2.24, 2.45) is 0 Å². The number of aliphatic hydroxyl groups is 12. The number of allylic oxidation sites excluding steroid dienone is 2. The Morgan fingerprint density at radius 1 is 0.381 bits per heavy atom. The second-order valence-corrected chi connectivity index (χ2v) is 22.5. The van der Waals surface area contributed by atoms with E-state index in [9.17, 15) is 61.3 Å². The van der Waals surface area contributed by atoms with E-state index in [1.807, 2.05) is 115 Å². The normalized spacial score (nSPS) is 29.9. The van der Waals surface area contributed by atoms with Crippen LogP contribution in [-0.4, -0.2) is 187 Å². The lowest BCUT2D eigenvalue weighted by Gasteiger charge is -2.39. The molecule has 7 aromatic rings. The van der Waals surface area contributed by atoms with Gasteiger partial charge in [0.05, 0.1) is 19.8 Å². The largest absolute Gasteiger partial charge is 0.462 e. The summed E-state index contributed by atoms with van der Waals surface area (Å²) in [6.07, 6.45) is -19.1. The molecule has 440 valence electrons. The molecule has 4 aromatic carbocycles. The van der Waals surface area contributed by atoms with Gasteiger partial charge >= 0.3 is 0 Å². The van der Waals surface area contributed by atoms with Crippen molar-refractivity contribution in [1.82, 2.24) is 20.3 Å². The van der Waals surface area contributed by atoms with Crippen LogP contribution in [0.5, 0.6) is 11.5 Å². The summed E-state index contributed by atoms with van der Waals surface area (Å²) in [7, 11) is 0. The van der Waals surface area contributed by atoms with E-state index in [1.165, 1.54) is 0 Å². The maximum absolute atomic E-state index is 10.9. The number of hydrogen-bond acceptors (Lipinski definition) is 19. The third-order valence-corrected chi connectivity index (χ3v) is 17.2. The van der Waals surface area contributed by atoms with E-state index < -0.39 is 111 Å². The molecule has 8 bridgehead atoms. The number of aliphatic hydroxyl groups excluding tert-OH is 12. The Bertz CT molecular complexity index is 3640. The molecule has 0 unspecified atom stereocenters. The molecule has 8 heterocycles. The molecular formula is C62H64N4O17S. The number of benzene rings is 4. The zero-order valence-corrected chi connectivity index (χ0v) is 45.6. The average Bonchev–Trinajstić information content (AvgIpc) is 4.50. The highest BCUT2D eigenvalue weighted by Crippen LogP contribution is 2.41. The van der Waals surface area contributed by atoms with Gasteiger partial charge < -0.3 is 105 Å². The van der Waals surface area contributed by atoms with Crippen molar-refractivity contribution in [1.29, 1.82) is 0 Å². The van der Waals surface area contributed by atoms with Crippen LogP contribution in [0.3, 0.4) is 0 Å². The van der Waals surface area contributed by atoms with Crippen molar-refractivity contribution in [2.75, 3.05) is 19.8 Å². The number of ether oxygens (including phenoxy) is 5. The van der Waals surface area contributed by atoms with Gasteiger partial charge in [0.1, 0.15) is 90.2 Å². The Kier molecular flexibility index (Phi) is 16.6. The molecule has 22 heteroatoms. The molecule has 5 aliphatic heterocycles. The summed E-state index contributed by atoms with van der Waals surface area (Å²) in [5.74, 6) is 0.578. The summed E-state index contributed by atoms with van der Waals surface area (Å²) in [5.41, 5.74) is 10.4. The summed E-state index contributed by atoms with van der Waals surface area (Å²) in [4.78, 5) is 12.0. The smallest absolute Gasteiger partial charge is 0.229 e. The predicted molar refractivity (Wildman–Crippen MR) is 303 cm³/mol. The van der Waals surface area contributed by atoms with E-state index in [-0.39, 0.29) is 5.75 Å². The molecule has 3 aromatic heterocycles. The molecule has 21 nitrogen and oxygen atoms in total. The average molecular weight is 1170 g/mol. The summed E-state index contributed by atoms with van der Waals surface area (Å²) >= 11 is 1.15. The SMILES string of the molecule is OC[C@H]1O[C@@H](Oc2ccc(C3=C4CCC(=C(c5ccc(S[C@@H]6O[C@H](CO)[C@H](O)[C@H](O)[C@@H]6O)cc5)c5ccc([nH]5)C(c5ccc(O[C@H]6O[C@H](CO)[C@H](O)[C@H](O)[C@@H]6O)cc5)=c5ccc([nH]5)=C(c5ccccc5)c5ccc3[nH]5)N4)cc2)[C@@H](O)[C@@H](O)[C@H]1O. The number of aromatic nitrogens is 3. The Hall–Kier alpha value is -6.91. The molecule has 0 amide bonds. The van der Waals surface area contributed by atoms with Crippen molar-refractivity contribution < 1.29 is 85.0 Å². The van der Waals surface area contributed by atoms with Gasteiger partial charge in [-0.2, -0.15) is 0 Å². The molecule has 5 aliphatic rings. The Morgan fingerprint density at radius 3 is 1.20 bits per heavy atom. The van der Waals surface area contributed by atoms with Crippen LogP contribution in [0.1, 0.15) is 57.9 Å². The molecule has 4 fully saturated rings. The minimum absolute atomic E-state index is 0.284. The van der Waals surface area contributed by atoms with Crippen molar-refractivity contribution >= 4 is 34.1 Å². The van der Waals surface area contributed by atoms with Gasteiger partial charge in [-0.05, 0) is 108 Å².